The molecule has 0 unspecified atom stereocenters. The molecule has 4 rings (SSSR count). The van der Waals surface area contributed by atoms with Crippen LogP contribution in [0.15, 0.2) is 87.2 Å². The van der Waals surface area contributed by atoms with Gasteiger partial charge < -0.3 is 14.8 Å². The van der Waals surface area contributed by atoms with Gasteiger partial charge in [-0.05, 0) is 75.5 Å². The molecular weight excluding hydrogens is 672 g/mol. The molecule has 1 aromatic heterocycles. The Bertz CT molecular complexity index is 1630. The van der Waals surface area contributed by atoms with Crippen molar-refractivity contribution in [2.75, 3.05) is 26.2 Å². The Kier molecular flexibility index (Phi) is 12.0. The van der Waals surface area contributed by atoms with E-state index in [9.17, 15) is 27.2 Å². The zero-order chi connectivity index (χ0) is 32.6. The first-order chi connectivity index (χ1) is 21.5. The minimum absolute atomic E-state index is 0.101. The van der Waals surface area contributed by atoms with E-state index in [0.29, 0.717) is 41.8 Å². The topological polar surface area (TPSA) is 69.3 Å². The number of benzene rings is 3. The maximum atomic E-state index is 13.7. The minimum atomic E-state index is -4.40. The van der Waals surface area contributed by atoms with Crippen LogP contribution in [0.5, 0.6) is 0 Å². The van der Waals surface area contributed by atoms with Gasteiger partial charge in [-0.25, -0.2) is 9.37 Å². The second kappa shape index (κ2) is 15.7. The number of amides is 1. The fourth-order valence-corrected chi connectivity index (χ4v) is 5.79. The van der Waals surface area contributed by atoms with Gasteiger partial charge >= 0.3 is 6.18 Å². The van der Waals surface area contributed by atoms with Gasteiger partial charge in [0.1, 0.15) is 10.3 Å². The Morgan fingerprint density at radius 3 is 2.04 bits per heavy atom. The zero-order valence-electron chi connectivity index (χ0n) is 24.8. The lowest BCUT2D eigenvalue weighted by atomic mass is 10.0. The number of thioether (sulfide) groups is 1. The Morgan fingerprint density at radius 1 is 0.889 bits per heavy atom. The van der Waals surface area contributed by atoms with E-state index in [-0.39, 0.29) is 22.6 Å². The molecule has 0 fully saturated rings. The highest BCUT2D eigenvalue weighted by Gasteiger charge is 2.30. The van der Waals surface area contributed by atoms with Crippen LogP contribution in [-0.2, 0) is 29.7 Å². The second-order valence-corrected chi connectivity index (χ2v) is 12.1. The fraction of sp³-hybridized carbons (Fsp3) is 0.303. The van der Waals surface area contributed by atoms with Crippen molar-refractivity contribution in [2.45, 2.75) is 43.9 Å². The molecule has 6 nitrogen and oxygen atoms in total. The average molecular weight is 706 g/mol. The van der Waals surface area contributed by atoms with Gasteiger partial charge in [0.2, 0.25) is 5.91 Å². The summed E-state index contributed by atoms with van der Waals surface area (Å²) in [5, 5.41) is 0.351. The summed E-state index contributed by atoms with van der Waals surface area (Å²) in [7, 11) is 0. The Balaban J connectivity index is 1.50. The van der Waals surface area contributed by atoms with Gasteiger partial charge in [0.15, 0.2) is 5.16 Å². The molecule has 1 N–H and O–H groups in total. The lowest BCUT2D eigenvalue weighted by molar-refractivity contribution is -0.137. The van der Waals surface area contributed by atoms with E-state index in [2.05, 4.69) is 44.6 Å². The van der Waals surface area contributed by atoms with E-state index in [1.807, 2.05) is 24.3 Å². The maximum absolute atomic E-state index is 13.7. The molecule has 1 heterocycles. The predicted molar refractivity (Wildman–Crippen MR) is 172 cm³/mol. The smallest absolute Gasteiger partial charge is 0.337 e. The molecule has 4 aromatic rings. The van der Waals surface area contributed by atoms with Gasteiger partial charge in [-0.15, -0.1) is 0 Å². The molecule has 0 bridgehead atoms. The number of hydrogen-bond donors (Lipinski definition) is 1. The Labute approximate surface area is 272 Å². The van der Waals surface area contributed by atoms with Crippen molar-refractivity contribution in [1.82, 2.24) is 19.8 Å². The number of aromatic nitrogens is 2. The largest absolute Gasteiger partial charge is 0.416 e. The number of rotatable bonds is 13. The molecule has 0 saturated carbocycles. The van der Waals surface area contributed by atoms with Crippen molar-refractivity contribution >= 4 is 33.6 Å². The number of carbonyl (C=O) groups is 1. The van der Waals surface area contributed by atoms with Gasteiger partial charge in [0, 0.05) is 25.4 Å². The standard InChI is InChI=1S/C33H33BrF4N4O2S/c1-3-41(4-2)17-18-42(20-22-5-9-24(10-6-22)25-11-13-26(14-12-25)33(36,37)38)29(43)19-28-30(34)31(44)40-32(39-28)45-21-23-7-15-27(35)16-8-23/h5-16H,3-4,17-21H2,1-2H3,(H,39,40,44). The van der Waals surface area contributed by atoms with Crippen molar-refractivity contribution in [2.24, 2.45) is 0 Å². The number of likely N-dealkylation sites (N-methyl/N-ethyl adjacent to an activating group) is 1. The van der Waals surface area contributed by atoms with Gasteiger partial charge in [-0.1, -0.05) is 74.1 Å². The molecule has 0 spiro atoms. The monoisotopic (exact) mass is 704 g/mol. The van der Waals surface area contributed by atoms with E-state index < -0.39 is 17.3 Å². The third-order valence-corrected chi connectivity index (χ3v) is 9.09. The van der Waals surface area contributed by atoms with Gasteiger partial charge in [-0.2, -0.15) is 13.2 Å². The van der Waals surface area contributed by atoms with Crippen LogP contribution in [0.2, 0.25) is 0 Å². The van der Waals surface area contributed by atoms with Gasteiger partial charge in [0.25, 0.3) is 5.56 Å². The molecule has 45 heavy (non-hydrogen) atoms. The molecule has 0 aliphatic carbocycles. The molecule has 238 valence electrons. The van der Waals surface area contributed by atoms with Crippen molar-refractivity contribution in [3.05, 3.63) is 116 Å². The fourth-order valence-electron chi connectivity index (χ4n) is 4.62. The quantitative estimate of drug-likeness (QED) is 0.0884. The number of nitrogens with zero attached hydrogens (tertiary/aromatic N) is 3. The minimum Gasteiger partial charge on any atom is -0.337 e. The molecule has 0 aliphatic rings. The van der Waals surface area contributed by atoms with Crippen LogP contribution < -0.4 is 5.56 Å². The Morgan fingerprint density at radius 2 is 1.47 bits per heavy atom. The first-order valence-corrected chi connectivity index (χ1v) is 16.2. The van der Waals surface area contributed by atoms with E-state index in [1.165, 1.54) is 36.0 Å². The van der Waals surface area contributed by atoms with Crippen LogP contribution >= 0.6 is 27.7 Å². The number of halogens is 5. The summed E-state index contributed by atoms with van der Waals surface area (Å²) < 4.78 is 52.3. The van der Waals surface area contributed by atoms with E-state index in [1.54, 1.807) is 17.0 Å². The third-order valence-electron chi connectivity index (χ3n) is 7.32. The first kappa shape index (κ1) is 34.4. The number of aromatic amines is 1. The van der Waals surface area contributed by atoms with Crippen LogP contribution in [0, 0.1) is 5.82 Å². The molecule has 3 aromatic carbocycles. The van der Waals surface area contributed by atoms with Crippen molar-refractivity contribution < 1.29 is 22.4 Å². The highest BCUT2D eigenvalue weighted by Crippen LogP contribution is 2.31. The van der Waals surface area contributed by atoms with E-state index >= 15 is 0 Å². The van der Waals surface area contributed by atoms with E-state index in [0.717, 1.165) is 41.9 Å². The highest BCUT2D eigenvalue weighted by molar-refractivity contribution is 9.10. The normalized spacial score (nSPS) is 11.6. The second-order valence-electron chi connectivity index (χ2n) is 10.3. The summed E-state index contributed by atoms with van der Waals surface area (Å²) in [6.45, 7) is 7.18. The molecule has 0 saturated heterocycles. The van der Waals surface area contributed by atoms with Gasteiger partial charge in [0.05, 0.1) is 17.7 Å². The van der Waals surface area contributed by atoms with Crippen LogP contribution in [0.3, 0.4) is 0 Å². The predicted octanol–water partition coefficient (Wildman–Crippen LogP) is 7.56. The number of alkyl halides is 3. The van der Waals surface area contributed by atoms with Crippen molar-refractivity contribution in [1.29, 1.82) is 0 Å². The summed E-state index contributed by atoms with van der Waals surface area (Å²) in [4.78, 5) is 37.6. The summed E-state index contributed by atoms with van der Waals surface area (Å²) in [6, 6.07) is 18.4. The molecule has 0 atom stereocenters. The van der Waals surface area contributed by atoms with Crippen LogP contribution in [0.25, 0.3) is 11.1 Å². The number of carbonyl (C=O) groups excluding carboxylic acids is 1. The lowest BCUT2D eigenvalue weighted by Gasteiger charge is -2.27. The van der Waals surface area contributed by atoms with Crippen LogP contribution in [-0.4, -0.2) is 51.9 Å². The number of hydrogen-bond acceptors (Lipinski definition) is 5. The SMILES string of the molecule is CCN(CC)CCN(Cc1ccc(-c2ccc(C(F)(F)F)cc2)cc1)C(=O)Cc1nc(SCc2ccc(F)cc2)[nH]c(=O)c1Br. The lowest BCUT2D eigenvalue weighted by Crippen LogP contribution is -2.39. The van der Waals surface area contributed by atoms with Crippen molar-refractivity contribution in [3.63, 3.8) is 0 Å². The van der Waals surface area contributed by atoms with Crippen LogP contribution in [0.1, 0.15) is 36.2 Å². The highest BCUT2D eigenvalue weighted by atomic mass is 79.9. The Hall–Kier alpha value is -3.48. The summed E-state index contributed by atoms with van der Waals surface area (Å²) >= 11 is 4.57. The molecule has 0 radical (unpaired) electrons. The molecule has 1 amide bonds. The third kappa shape index (κ3) is 9.75. The summed E-state index contributed by atoms with van der Waals surface area (Å²) in [5.41, 5.74) is 2.34. The van der Waals surface area contributed by atoms with Gasteiger partial charge in [-0.3, -0.25) is 9.59 Å². The summed E-state index contributed by atoms with van der Waals surface area (Å²) in [6.07, 6.45) is -4.50. The van der Waals surface area contributed by atoms with E-state index in [4.69, 9.17) is 0 Å². The number of H-pyrrole nitrogens is 1. The number of nitrogens with one attached hydrogen (secondary N) is 1. The van der Waals surface area contributed by atoms with Crippen LogP contribution in [0.4, 0.5) is 17.6 Å². The summed E-state index contributed by atoms with van der Waals surface area (Å²) in [5.74, 6) is -0.0842. The maximum Gasteiger partial charge on any atom is 0.416 e. The first-order valence-electron chi connectivity index (χ1n) is 14.4. The van der Waals surface area contributed by atoms with Crippen molar-refractivity contribution in [3.8, 4) is 11.1 Å². The molecule has 12 heteroatoms. The average Bonchev–Trinajstić information content (AvgIpc) is 3.03. The zero-order valence-corrected chi connectivity index (χ0v) is 27.2. The molecular formula is C33H33BrF4N4O2S. The molecule has 0 aliphatic heterocycles.